The van der Waals surface area contributed by atoms with Crippen molar-refractivity contribution in [3.05, 3.63) is 35.9 Å². The lowest BCUT2D eigenvalue weighted by Crippen LogP contribution is -2.54. The normalized spacial score (nSPS) is 17.5. The molecule has 436 valence electrons. The van der Waals surface area contributed by atoms with Gasteiger partial charge in [0.05, 0.1) is 111 Å². The Bertz CT molecular complexity index is 1910. The minimum atomic E-state index is -1.64. The quantitative estimate of drug-likeness (QED) is 0.0285. The van der Waals surface area contributed by atoms with Crippen molar-refractivity contribution >= 4 is 47.2 Å². The highest BCUT2D eigenvalue weighted by molar-refractivity contribution is 6.12. The van der Waals surface area contributed by atoms with Crippen LogP contribution < -0.4 is 31.7 Å². The highest BCUT2D eigenvalue weighted by atomic mass is 16.7. The van der Waals surface area contributed by atoms with Gasteiger partial charge in [0.2, 0.25) is 29.9 Å². The number of carbonyl (C=O) groups is 7. The van der Waals surface area contributed by atoms with E-state index in [1.807, 2.05) is 0 Å². The maximum absolute atomic E-state index is 13.5. The zero-order valence-corrected chi connectivity index (χ0v) is 44.0. The van der Waals surface area contributed by atoms with E-state index in [4.69, 9.17) is 57.8 Å². The van der Waals surface area contributed by atoms with E-state index < -0.39 is 54.5 Å². The molecule has 1 aromatic carbocycles. The molecule has 1 fully saturated rings. The number of hydrogen-bond donors (Lipinski definition) is 8. The van der Waals surface area contributed by atoms with Crippen molar-refractivity contribution in [1.82, 2.24) is 20.9 Å². The summed E-state index contributed by atoms with van der Waals surface area (Å²) in [5.74, 6) is -2.56. The number of anilines is 1. The lowest BCUT2D eigenvalue weighted by atomic mass is 10.1. The fraction of sp³-hybridized carbons (Fsp3) is 0.700. The van der Waals surface area contributed by atoms with Gasteiger partial charge in [0.25, 0.3) is 11.8 Å². The summed E-state index contributed by atoms with van der Waals surface area (Å²) in [5.41, 5.74) is 5.55. The molecule has 5 atom stereocenters. The van der Waals surface area contributed by atoms with E-state index in [1.54, 1.807) is 7.11 Å². The molecule has 77 heavy (non-hydrogen) atoms. The van der Waals surface area contributed by atoms with Crippen molar-refractivity contribution in [1.29, 1.82) is 0 Å². The molecule has 1 aromatic rings. The van der Waals surface area contributed by atoms with Crippen molar-refractivity contribution < 1.29 is 101 Å². The van der Waals surface area contributed by atoms with Gasteiger partial charge in [0.15, 0.2) is 0 Å². The largest absolute Gasteiger partial charge is 0.460 e. The number of ether oxygens (including phenoxy) is 11. The number of amides is 7. The molecule has 0 unspecified atom stereocenters. The molecule has 2 heterocycles. The third-order valence-electron chi connectivity index (χ3n) is 11.3. The van der Waals surface area contributed by atoms with Crippen molar-refractivity contribution in [3.63, 3.8) is 0 Å². The van der Waals surface area contributed by atoms with Crippen LogP contribution in [-0.4, -0.2) is 225 Å². The predicted octanol–water partition coefficient (Wildman–Crippen LogP) is -1.05. The van der Waals surface area contributed by atoms with Crippen LogP contribution in [0, 0.1) is 0 Å². The second-order valence-corrected chi connectivity index (χ2v) is 17.4. The smallest absolute Gasteiger partial charge is 0.404 e. The molecule has 0 bridgehead atoms. The zero-order valence-electron chi connectivity index (χ0n) is 44.0. The Hall–Kier alpha value is -5.43. The van der Waals surface area contributed by atoms with Gasteiger partial charge in [0.1, 0.15) is 36.7 Å². The Labute approximate surface area is 448 Å². The van der Waals surface area contributed by atoms with Crippen LogP contribution in [0.15, 0.2) is 30.4 Å². The minimum absolute atomic E-state index is 0.00703. The summed E-state index contributed by atoms with van der Waals surface area (Å²) in [5, 5.41) is 41.2. The van der Waals surface area contributed by atoms with Gasteiger partial charge in [-0.05, 0) is 49.8 Å². The van der Waals surface area contributed by atoms with Gasteiger partial charge in [-0.1, -0.05) is 12.5 Å². The van der Waals surface area contributed by atoms with Crippen LogP contribution in [-0.2, 0) is 82.7 Å². The highest BCUT2D eigenvalue weighted by Gasteiger charge is 2.39. The van der Waals surface area contributed by atoms with Crippen LogP contribution in [0.3, 0.4) is 0 Å². The number of methoxy groups -OCH3 is 1. The summed E-state index contributed by atoms with van der Waals surface area (Å²) in [4.78, 5) is 88.2. The molecule has 7 amide bonds. The number of primary amides is 1. The van der Waals surface area contributed by atoms with Crippen molar-refractivity contribution in [2.75, 3.05) is 138 Å². The van der Waals surface area contributed by atoms with Crippen LogP contribution in [0.4, 0.5) is 10.5 Å². The van der Waals surface area contributed by atoms with Gasteiger partial charge < -0.3 is 94.4 Å². The lowest BCUT2D eigenvalue weighted by Gasteiger charge is -2.35. The number of carbonyl (C=O) groups excluding carboxylic acids is 7. The van der Waals surface area contributed by atoms with E-state index in [0.717, 1.165) is 4.90 Å². The summed E-state index contributed by atoms with van der Waals surface area (Å²) in [7, 11) is 1.62. The fourth-order valence-corrected chi connectivity index (χ4v) is 7.10. The Balaban J connectivity index is 1.33. The number of benzene rings is 1. The fourth-order valence-electron chi connectivity index (χ4n) is 7.10. The number of nitrogens with two attached hydrogens (primary N) is 1. The monoisotopic (exact) mass is 1100 g/mol. The molecule has 0 radical (unpaired) electrons. The van der Waals surface area contributed by atoms with E-state index in [1.165, 1.54) is 30.4 Å². The van der Waals surface area contributed by atoms with Crippen LogP contribution in [0.2, 0.25) is 0 Å². The molecule has 2 aliphatic rings. The topological polar surface area (TPSA) is 359 Å². The average molecular weight is 1100 g/mol. The maximum atomic E-state index is 13.5. The first-order chi connectivity index (χ1) is 37.3. The highest BCUT2D eigenvalue weighted by Crippen LogP contribution is 2.30. The molecular weight excluding hydrogens is 1020 g/mol. The number of aliphatic hydroxyl groups excluding tert-OH is 3. The molecular formula is C50H80N6O21. The van der Waals surface area contributed by atoms with Gasteiger partial charge in [-0.3, -0.25) is 33.7 Å². The third kappa shape index (κ3) is 29.8. The minimum Gasteiger partial charge on any atom is -0.460 e. The SMILES string of the molecule is COCCOCCOCCOCCOCCOCCOCCOCCC(=O)NCCCC[C@H](NC(=O)CCCCCN1C(=O)C=CC1=O)C(=O)NCCC(=O)Nc1cc(COC(N)=O)ccc1O[C@@H]1OC[C@@H](O)[C@H](O)[C@H]1O. The van der Waals surface area contributed by atoms with Crippen LogP contribution in [0.25, 0.3) is 0 Å². The van der Waals surface area contributed by atoms with Crippen LogP contribution in [0.5, 0.6) is 5.75 Å². The number of nitrogens with zero attached hydrogens (tertiary/aromatic N) is 1. The van der Waals surface area contributed by atoms with E-state index in [9.17, 15) is 48.9 Å². The van der Waals surface area contributed by atoms with E-state index in [2.05, 4.69) is 21.3 Å². The number of hydrogen-bond acceptors (Lipinski definition) is 21. The number of rotatable bonds is 45. The molecule has 0 saturated carbocycles. The molecule has 0 aliphatic carbocycles. The van der Waals surface area contributed by atoms with Crippen LogP contribution in [0.1, 0.15) is 63.4 Å². The molecule has 0 spiro atoms. The number of nitrogens with one attached hydrogen (secondary N) is 4. The third-order valence-corrected chi connectivity index (χ3v) is 11.3. The number of aliphatic hydroxyl groups is 3. The Morgan fingerprint density at radius 1 is 0.662 bits per heavy atom. The van der Waals surface area contributed by atoms with E-state index in [0.29, 0.717) is 137 Å². The first-order valence-electron chi connectivity index (χ1n) is 25.9. The summed E-state index contributed by atoms with van der Waals surface area (Å²) in [6.45, 7) is 6.13. The van der Waals surface area contributed by atoms with Crippen molar-refractivity contribution in [2.24, 2.45) is 5.73 Å². The number of imide groups is 1. The summed E-state index contributed by atoms with van der Waals surface area (Å²) in [6.07, 6.45) is -2.09. The molecule has 0 aromatic heterocycles. The van der Waals surface area contributed by atoms with Gasteiger partial charge in [-0.25, -0.2) is 4.79 Å². The van der Waals surface area contributed by atoms with Crippen molar-refractivity contribution in [2.45, 2.75) is 95.0 Å². The second kappa shape index (κ2) is 40.7. The Kier molecular flexibility index (Phi) is 34.8. The van der Waals surface area contributed by atoms with Gasteiger partial charge >= 0.3 is 6.09 Å². The van der Waals surface area contributed by atoms with Crippen LogP contribution >= 0.6 is 0 Å². The first-order valence-corrected chi connectivity index (χ1v) is 25.9. The summed E-state index contributed by atoms with van der Waals surface area (Å²) >= 11 is 0. The standard InChI is InChI=1S/C50H80N6O21/c1-67-19-20-69-23-24-71-27-28-73-31-32-74-30-29-72-26-25-70-22-21-68-18-14-41(58)52-15-5-4-7-37(54-42(59)8-3-2-6-17-56-44(61)11-12-45(56)62)48(65)53-16-13-43(60)55-38-33-36(34-76-50(51)66)9-10-40(38)77-49-47(64)46(63)39(57)35-75-49/h9-12,33,37,39,46-47,49,57,63-64H,2-8,13-32,34-35H2,1H3,(H2,51,66)(H,52,58)(H,53,65)(H,54,59)(H,55,60)/t37-,39+,46-,47+,49-/m0/s1. The Morgan fingerprint density at radius 3 is 1.83 bits per heavy atom. The molecule has 27 nitrogen and oxygen atoms in total. The van der Waals surface area contributed by atoms with Gasteiger partial charge in [-0.2, -0.15) is 0 Å². The molecule has 3 rings (SSSR count). The van der Waals surface area contributed by atoms with Gasteiger partial charge in [0, 0.05) is 58.2 Å². The van der Waals surface area contributed by atoms with Gasteiger partial charge in [-0.15, -0.1) is 0 Å². The molecule has 1 saturated heterocycles. The molecule has 27 heteroatoms. The summed E-state index contributed by atoms with van der Waals surface area (Å²) in [6, 6.07) is 3.32. The van der Waals surface area contributed by atoms with E-state index in [-0.39, 0.29) is 87.8 Å². The first kappa shape index (κ1) is 65.9. The predicted molar refractivity (Wildman–Crippen MR) is 271 cm³/mol. The zero-order chi connectivity index (χ0) is 55.9. The maximum Gasteiger partial charge on any atom is 0.404 e. The number of unbranched alkanes of at least 4 members (excludes halogenated alkanes) is 3. The molecule has 9 N–H and O–H groups in total. The molecule has 2 aliphatic heterocycles. The lowest BCUT2D eigenvalue weighted by molar-refractivity contribution is -0.241. The Morgan fingerprint density at radius 2 is 1.25 bits per heavy atom. The second-order valence-electron chi connectivity index (χ2n) is 17.4. The average Bonchev–Trinajstić information content (AvgIpc) is 3.73. The summed E-state index contributed by atoms with van der Waals surface area (Å²) < 4.78 is 58.9. The van der Waals surface area contributed by atoms with Crippen molar-refractivity contribution in [3.8, 4) is 5.75 Å². The van der Waals surface area contributed by atoms with E-state index >= 15 is 0 Å².